The Morgan fingerprint density at radius 2 is 2.06 bits per heavy atom. The Bertz CT molecular complexity index is 333. The first kappa shape index (κ1) is 16.2. The largest absolute Gasteiger partial charge is 0.496 e. The number of hydrogen-bond acceptors (Lipinski definition) is 2. The predicted octanol–water partition coefficient (Wildman–Crippen LogP) is 3.84. The van der Waals surface area contributed by atoms with Crippen LogP contribution in [0.2, 0.25) is 0 Å². The molecule has 1 aromatic rings. The Kier molecular flexibility index (Phi) is 7.92. The van der Waals surface area contributed by atoms with Crippen LogP contribution in [-0.4, -0.2) is 7.11 Å². The molecule has 2 N–H and O–H groups in total. The topological polar surface area (TPSA) is 35.2 Å². The lowest BCUT2D eigenvalue weighted by Gasteiger charge is -2.15. The van der Waals surface area contributed by atoms with E-state index in [0.29, 0.717) is 5.75 Å². The molecule has 0 aliphatic heterocycles. The minimum absolute atomic E-state index is 0. The van der Waals surface area contributed by atoms with Gasteiger partial charge in [-0.3, -0.25) is 0 Å². The van der Waals surface area contributed by atoms with E-state index in [2.05, 4.69) is 6.92 Å². The van der Waals surface area contributed by atoms with Crippen molar-refractivity contribution in [2.75, 3.05) is 7.11 Å². The van der Waals surface area contributed by atoms with E-state index in [4.69, 9.17) is 10.5 Å². The molecule has 0 aliphatic rings. The Hall–Kier alpha value is -0.800. The molecule has 0 spiro atoms. The van der Waals surface area contributed by atoms with Crippen molar-refractivity contribution in [2.24, 2.45) is 5.73 Å². The van der Waals surface area contributed by atoms with Crippen LogP contribution in [0.3, 0.4) is 0 Å². The molecule has 0 heterocycles. The van der Waals surface area contributed by atoms with Crippen molar-refractivity contribution in [1.82, 2.24) is 0 Å². The van der Waals surface area contributed by atoms with Gasteiger partial charge in [-0.25, -0.2) is 4.39 Å². The zero-order chi connectivity index (χ0) is 12.0. The molecule has 0 radical (unpaired) electrons. The molecule has 0 unspecified atom stereocenters. The zero-order valence-electron chi connectivity index (χ0n) is 10.4. The van der Waals surface area contributed by atoms with E-state index in [-0.39, 0.29) is 24.3 Å². The first-order chi connectivity index (χ1) is 7.69. The first-order valence-corrected chi connectivity index (χ1v) is 5.78. The molecule has 0 saturated heterocycles. The number of rotatable bonds is 6. The number of unbranched alkanes of at least 4 members (excludes halogenated alkanes) is 2. The van der Waals surface area contributed by atoms with Crippen LogP contribution in [0.5, 0.6) is 5.75 Å². The van der Waals surface area contributed by atoms with Gasteiger partial charge >= 0.3 is 0 Å². The molecule has 0 aliphatic carbocycles. The van der Waals surface area contributed by atoms with E-state index in [1.54, 1.807) is 13.2 Å². The SMILES string of the molecule is CCCCC[C@@H](N)c1cc(F)ccc1OC.Cl. The van der Waals surface area contributed by atoms with E-state index in [0.717, 1.165) is 31.2 Å². The lowest BCUT2D eigenvalue weighted by atomic mass is 10.0. The van der Waals surface area contributed by atoms with Crippen LogP contribution >= 0.6 is 12.4 Å². The summed E-state index contributed by atoms with van der Waals surface area (Å²) in [6.07, 6.45) is 4.25. The average Bonchev–Trinajstić information content (AvgIpc) is 2.29. The minimum Gasteiger partial charge on any atom is -0.496 e. The van der Waals surface area contributed by atoms with Crippen LogP contribution in [0.1, 0.15) is 44.2 Å². The second-order valence-corrected chi connectivity index (χ2v) is 3.99. The minimum atomic E-state index is -0.262. The van der Waals surface area contributed by atoms with Gasteiger partial charge in [0.05, 0.1) is 7.11 Å². The highest BCUT2D eigenvalue weighted by molar-refractivity contribution is 5.85. The summed E-state index contributed by atoms with van der Waals surface area (Å²) in [5.41, 5.74) is 6.80. The molecule has 1 aromatic carbocycles. The number of hydrogen-bond donors (Lipinski definition) is 1. The molecule has 2 nitrogen and oxygen atoms in total. The third-order valence-electron chi connectivity index (χ3n) is 2.71. The highest BCUT2D eigenvalue weighted by atomic mass is 35.5. The van der Waals surface area contributed by atoms with Crippen molar-refractivity contribution in [3.8, 4) is 5.75 Å². The number of methoxy groups -OCH3 is 1. The van der Waals surface area contributed by atoms with Crippen molar-refractivity contribution in [3.63, 3.8) is 0 Å². The summed E-state index contributed by atoms with van der Waals surface area (Å²) in [5, 5.41) is 0. The second kappa shape index (κ2) is 8.31. The fourth-order valence-electron chi connectivity index (χ4n) is 1.76. The maximum Gasteiger partial charge on any atom is 0.123 e. The fraction of sp³-hybridized carbons (Fsp3) is 0.538. The quantitative estimate of drug-likeness (QED) is 0.790. The number of ether oxygens (including phenoxy) is 1. The summed E-state index contributed by atoms with van der Waals surface area (Å²) < 4.78 is 18.3. The molecule has 1 rings (SSSR count). The third kappa shape index (κ3) is 4.92. The predicted molar refractivity (Wildman–Crippen MR) is 71.3 cm³/mol. The molecule has 17 heavy (non-hydrogen) atoms. The van der Waals surface area contributed by atoms with Gasteiger partial charge in [0.2, 0.25) is 0 Å². The van der Waals surface area contributed by atoms with Crippen LogP contribution in [0.4, 0.5) is 4.39 Å². The maximum atomic E-state index is 13.1. The van der Waals surface area contributed by atoms with E-state index in [9.17, 15) is 4.39 Å². The van der Waals surface area contributed by atoms with E-state index >= 15 is 0 Å². The average molecular weight is 262 g/mol. The highest BCUT2D eigenvalue weighted by Crippen LogP contribution is 2.27. The van der Waals surface area contributed by atoms with E-state index in [1.165, 1.54) is 12.1 Å². The van der Waals surface area contributed by atoms with E-state index in [1.807, 2.05) is 0 Å². The smallest absolute Gasteiger partial charge is 0.123 e. The first-order valence-electron chi connectivity index (χ1n) is 5.78. The molecular formula is C13H21ClFNO. The Balaban J connectivity index is 0.00000256. The van der Waals surface area contributed by atoms with Gasteiger partial charge in [-0.2, -0.15) is 0 Å². The number of nitrogens with two attached hydrogens (primary N) is 1. The van der Waals surface area contributed by atoms with Crippen LogP contribution in [0.25, 0.3) is 0 Å². The summed E-state index contributed by atoms with van der Waals surface area (Å²) in [4.78, 5) is 0. The normalized spacial score (nSPS) is 11.8. The molecule has 4 heteroatoms. The van der Waals surface area contributed by atoms with Crippen molar-refractivity contribution >= 4 is 12.4 Å². The summed E-state index contributed by atoms with van der Waals surface area (Å²) in [6.45, 7) is 2.15. The van der Waals surface area contributed by atoms with Gasteiger partial charge in [0.1, 0.15) is 11.6 Å². The summed E-state index contributed by atoms with van der Waals surface area (Å²) in [5.74, 6) is 0.409. The molecule has 0 fully saturated rings. The molecular weight excluding hydrogens is 241 g/mol. The molecule has 0 aromatic heterocycles. The zero-order valence-corrected chi connectivity index (χ0v) is 11.2. The lowest BCUT2D eigenvalue weighted by Crippen LogP contribution is -2.11. The van der Waals surface area contributed by atoms with Crippen molar-refractivity contribution < 1.29 is 9.13 Å². The molecule has 1 atom stereocenters. The lowest BCUT2D eigenvalue weighted by molar-refractivity contribution is 0.401. The van der Waals surface area contributed by atoms with Gasteiger partial charge in [0, 0.05) is 11.6 Å². The third-order valence-corrected chi connectivity index (χ3v) is 2.71. The second-order valence-electron chi connectivity index (χ2n) is 3.99. The Morgan fingerprint density at radius 1 is 1.35 bits per heavy atom. The number of halogens is 2. The van der Waals surface area contributed by atoms with Crippen molar-refractivity contribution in [3.05, 3.63) is 29.6 Å². The summed E-state index contributed by atoms with van der Waals surface area (Å²) >= 11 is 0. The van der Waals surface area contributed by atoms with Gasteiger partial charge in [0.15, 0.2) is 0 Å². The van der Waals surface area contributed by atoms with Gasteiger partial charge in [-0.15, -0.1) is 12.4 Å². The Labute approximate surface area is 109 Å². The summed E-state index contributed by atoms with van der Waals surface area (Å²) in [7, 11) is 1.58. The monoisotopic (exact) mass is 261 g/mol. The van der Waals surface area contributed by atoms with E-state index < -0.39 is 0 Å². The number of benzene rings is 1. The van der Waals surface area contributed by atoms with Gasteiger partial charge in [-0.05, 0) is 24.6 Å². The standard InChI is InChI=1S/C13H20FNO.ClH/c1-3-4-5-6-12(15)11-9-10(14)7-8-13(11)16-2;/h7-9,12H,3-6,15H2,1-2H3;1H/t12-;/m1./s1. The molecule has 0 saturated carbocycles. The molecule has 0 bridgehead atoms. The van der Waals surface area contributed by atoms with Crippen LogP contribution in [0, 0.1) is 5.82 Å². The van der Waals surface area contributed by atoms with Crippen LogP contribution < -0.4 is 10.5 Å². The molecule has 98 valence electrons. The van der Waals surface area contributed by atoms with Crippen LogP contribution in [-0.2, 0) is 0 Å². The molecule has 0 amide bonds. The van der Waals surface area contributed by atoms with Crippen molar-refractivity contribution in [1.29, 1.82) is 0 Å². The van der Waals surface area contributed by atoms with Gasteiger partial charge < -0.3 is 10.5 Å². The van der Waals surface area contributed by atoms with Gasteiger partial charge in [0.25, 0.3) is 0 Å². The Morgan fingerprint density at radius 3 is 2.65 bits per heavy atom. The van der Waals surface area contributed by atoms with Crippen LogP contribution in [0.15, 0.2) is 18.2 Å². The van der Waals surface area contributed by atoms with Gasteiger partial charge in [-0.1, -0.05) is 26.2 Å². The summed E-state index contributed by atoms with van der Waals surface area (Å²) in [6, 6.07) is 4.35. The fourth-order valence-corrected chi connectivity index (χ4v) is 1.76. The highest BCUT2D eigenvalue weighted by Gasteiger charge is 2.12. The van der Waals surface area contributed by atoms with Crippen molar-refractivity contribution in [2.45, 2.75) is 38.6 Å². The maximum absolute atomic E-state index is 13.1.